The maximum absolute atomic E-state index is 14.0. The molecule has 2 atom stereocenters. The zero-order valence-electron chi connectivity index (χ0n) is 19.9. The van der Waals surface area contributed by atoms with Gasteiger partial charge in [-0.2, -0.15) is 0 Å². The van der Waals surface area contributed by atoms with Crippen molar-refractivity contribution in [1.82, 2.24) is 5.32 Å². The first-order valence-corrected chi connectivity index (χ1v) is 11.6. The lowest BCUT2D eigenvalue weighted by atomic mass is 9.82. The number of piperidine rings is 1. The standard InChI is InChI=1S/C28H29FN2O4/c1-34-21-13-11-20(12-14-21)31-26(32)16-15-23(27(31)22-8-4-6-10-25(22)35-2)28(33)30-18-17-19-7-3-5-9-24(19)29/h3-14,23,27H,15-18H2,1-2H3,(H,30,33)/t23-,27+/m1/s1. The van der Waals surface area contributed by atoms with Crippen LogP contribution in [0.2, 0.25) is 0 Å². The second-order valence-electron chi connectivity index (χ2n) is 8.43. The summed E-state index contributed by atoms with van der Waals surface area (Å²) in [7, 11) is 3.16. The molecule has 1 saturated heterocycles. The van der Waals surface area contributed by atoms with Gasteiger partial charge in [0.2, 0.25) is 11.8 Å². The predicted octanol–water partition coefficient (Wildman–Crippen LogP) is 4.69. The molecular formula is C28H29FN2O4. The van der Waals surface area contributed by atoms with Crippen molar-refractivity contribution in [2.24, 2.45) is 5.92 Å². The van der Waals surface area contributed by atoms with Crippen LogP contribution in [0, 0.1) is 11.7 Å². The highest BCUT2D eigenvalue weighted by atomic mass is 19.1. The molecule has 3 aromatic rings. The second kappa shape index (κ2) is 11.0. The first kappa shape index (κ1) is 24.3. The number of ether oxygens (including phenoxy) is 2. The van der Waals surface area contributed by atoms with Crippen molar-refractivity contribution in [3.63, 3.8) is 0 Å². The van der Waals surface area contributed by atoms with E-state index >= 15 is 0 Å². The first-order chi connectivity index (χ1) is 17.0. The van der Waals surface area contributed by atoms with Crippen LogP contribution in [-0.2, 0) is 16.0 Å². The number of hydrogen-bond donors (Lipinski definition) is 1. The van der Waals surface area contributed by atoms with Gasteiger partial charge in [0.15, 0.2) is 0 Å². The van der Waals surface area contributed by atoms with E-state index in [1.165, 1.54) is 6.07 Å². The van der Waals surface area contributed by atoms with Gasteiger partial charge in [0.05, 0.1) is 26.2 Å². The van der Waals surface area contributed by atoms with E-state index in [0.29, 0.717) is 42.1 Å². The van der Waals surface area contributed by atoms with E-state index in [4.69, 9.17) is 9.47 Å². The molecule has 1 N–H and O–H groups in total. The summed E-state index contributed by atoms with van der Waals surface area (Å²) in [6, 6.07) is 20.6. The fourth-order valence-electron chi connectivity index (χ4n) is 4.63. The second-order valence-corrected chi connectivity index (χ2v) is 8.43. The number of rotatable bonds is 8. The molecule has 1 heterocycles. The van der Waals surface area contributed by atoms with Gasteiger partial charge < -0.3 is 19.7 Å². The topological polar surface area (TPSA) is 67.9 Å². The van der Waals surface area contributed by atoms with Gasteiger partial charge in [-0.25, -0.2) is 4.39 Å². The van der Waals surface area contributed by atoms with Crippen molar-refractivity contribution >= 4 is 17.5 Å². The Morgan fingerprint density at radius 1 is 1.00 bits per heavy atom. The lowest BCUT2D eigenvalue weighted by molar-refractivity contribution is -0.129. The van der Waals surface area contributed by atoms with Gasteiger partial charge in [0.1, 0.15) is 17.3 Å². The van der Waals surface area contributed by atoms with Crippen molar-refractivity contribution in [3.8, 4) is 11.5 Å². The molecule has 2 amide bonds. The molecule has 0 radical (unpaired) electrons. The highest BCUT2D eigenvalue weighted by Gasteiger charge is 2.42. The lowest BCUT2D eigenvalue weighted by Gasteiger charge is -2.41. The fourth-order valence-corrected chi connectivity index (χ4v) is 4.63. The molecule has 7 heteroatoms. The molecule has 1 aliphatic rings. The minimum Gasteiger partial charge on any atom is -0.497 e. The Hall–Kier alpha value is -3.87. The normalized spacial score (nSPS) is 17.7. The number of nitrogens with one attached hydrogen (secondary N) is 1. The van der Waals surface area contributed by atoms with Gasteiger partial charge in [-0.3, -0.25) is 9.59 Å². The minimum atomic E-state index is -0.561. The summed E-state index contributed by atoms with van der Waals surface area (Å²) in [4.78, 5) is 28.3. The number of amides is 2. The van der Waals surface area contributed by atoms with Crippen LogP contribution < -0.4 is 19.7 Å². The van der Waals surface area contributed by atoms with Crippen molar-refractivity contribution in [2.75, 3.05) is 25.7 Å². The molecule has 1 fully saturated rings. The van der Waals surface area contributed by atoms with Crippen LogP contribution in [0.4, 0.5) is 10.1 Å². The Bertz CT molecular complexity index is 1180. The van der Waals surface area contributed by atoms with Gasteiger partial charge in [0, 0.05) is 24.2 Å². The van der Waals surface area contributed by atoms with E-state index in [9.17, 15) is 14.0 Å². The van der Waals surface area contributed by atoms with Crippen LogP contribution >= 0.6 is 0 Å². The molecule has 0 aromatic heterocycles. The summed E-state index contributed by atoms with van der Waals surface area (Å²) in [5, 5.41) is 2.97. The maximum Gasteiger partial charge on any atom is 0.227 e. The third-order valence-corrected chi connectivity index (χ3v) is 6.39. The number of methoxy groups -OCH3 is 2. The van der Waals surface area contributed by atoms with Gasteiger partial charge in [0.25, 0.3) is 0 Å². The molecule has 182 valence electrons. The summed E-state index contributed by atoms with van der Waals surface area (Å²) in [6.45, 7) is 0.297. The summed E-state index contributed by atoms with van der Waals surface area (Å²) in [5.41, 5.74) is 1.98. The average molecular weight is 477 g/mol. The van der Waals surface area contributed by atoms with Crippen molar-refractivity contribution in [2.45, 2.75) is 25.3 Å². The molecule has 0 bridgehead atoms. The van der Waals surface area contributed by atoms with Gasteiger partial charge in [-0.15, -0.1) is 0 Å². The number of halogens is 1. The van der Waals surface area contributed by atoms with Gasteiger partial charge in [-0.1, -0.05) is 36.4 Å². The molecule has 1 aliphatic heterocycles. The predicted molar refractivity (Wildman–Crippen MR) is 132 cm³/mol. The SMILES string of the molecule is COc1ccc(N2C(=O)CC[C@@H](C(=O)NCCc3ccccc3F)[C@@H]2c2ccccc2OC)cc1. The maximum atomic E-state index is 14.0. The van der Waals surface area contributed by atoms with Crippen LogP contribution in [0.15, 0.2) is 72.8 Å². The van der Waals surface area contributed by atoms with E-state index in [-0.39, 0.29) is 24.1 Å². The molecule has 3 aromatic carbocycles. The highest BCUT2D eigenvalue weighted by Crippen LogP contribution is 2.43. The molecule has 6 nitrogen and oxygen atoms in total. The Kier molecular flexibility index (Phi) is 7.65. The van der Waals surface area contributed by atoms with E-state index in [0.717, 1.165) is 5.56 Å². The summed E-state index contributed by atoms with van der Waals surface area (Å²) < 4.78 is 24.9. The van der Waals surface area contributed by atoms with E-state index in [1.54, 1.807) is 49.5 Å². The van der Waals surface area contributed by atoms with Crippen LogP contribution in [0.1, 0.15) is 30.0 Å². The molecule has 4 rings (SSSR count). The molecule has 0 saturated carbocycles. The largest absolute Gasteiger partial charge is 0.497 e. The molecule has 0 spiro atoms. The Morgan fingerprint density at radius 3 is 2.43 bits per heavy atom. The van der Waals surface area contributed by atoms with E-state index < -0.39 is 12.0 Å². The molecular weight excluding hydrogens is 447 g/mol. The zero-order valence-corrected chi connectivity index (χ0v) is 19.9. The smallest absolute Gasteiger partial charge is 0.227 e. The average Bonchev–Trinajstić information content (AvgIpc) is 2.89. The number of para-hydroxylation sites is 1. The fraction of sp³-hybridized carbons (Fsp3) is 0.286. The number of carbonyl (C=O) groups excluding carboxylic acids is 2. The van der Waals surface area contributed by atoms with E-state index in [1.807, 2.05) is 36.4 Å². The van der Waals surface area contributed by atoms with Crippen LogP contribution in [0.3, 0.4) is 0 Å². The summed E-state index contributed by atoms with van der Waals surface area (Å²) in [5.74, 6) is 0.239. The van der Waals surface area contributed by atoms with Crippen LogP contribution in [-0.4, -0.2) is 32.6 Å². The lowest BCUT2D eigenvalue weighted by Crippen LogP contribution is -2.48. The van der Waals surface area contributed by atoms with Gasteiger partial charge in [-0.05, 0) is 54.8 Å². The Morgan fingerprint density at radius 2 is 1.71 bits per heavy atom. The van der Waals surface area contributed by atoms with Crippen LogP contribution in [0.5, 0.6) is 11.5 Å². The number of hydrogen-bond acceptors (Lipinski definition) is 4. The minimum absolute atomic E-state index is 0.0681. The summed E-state index contributed by atoms with van der Waals surface area (Å²) >= 11 is 0. The highest BCUT2D eigenvalue weighted by molar-refractivity contribution is 5.97. The monoisotopic (exact) mass is 476 g/mol. The Labute approximate surface area is 204 Å². The van der Waals surface area contributed by atoms with E-state index in [2.05, 4.69) is 5.32 Å². The molecule has 0 unspecified atom stereocenters. The number of carbonyl (C=O) groups is 2. The van der Waals surface area contributed by atoms with Crippen molar-refractivity contribution in [3.05, 3.63) is 89.7 Å². The first-order valence-electron chi connectivity index (χ1n) is 11.6. The number of benzene rings is 3. The zero-order chi connectivity index (χ0) is 24.8. The third kappa shape index (κ3) is 5.29. The quantitative estimate of drug-likeness (QED) is 0.512. The Balaban J connectivity index is 1.64. The van der Waals surface area contributed by atoms with Gasteiger partial charge >= 0.3 is 0 Å². The molecule has 35 heavy (non-hydrogen) atoms. The number of nitrogens with zero attached hydrogens (tertiary/aromatic N) is 1. The van der Waals surface area contributed by atoms with Crippen LogP contribution in [0.25, 0.3) is 0 Å². The molecule has 0 aliphatic carbocycles. The number of anilines is 1. The van der Waals surface area contributed by atoms with Crippen molar-refractivity contribution in [1.29, 1.82) is 0 Å². The van der Waals surface area contributed by atoms with Crippen molar-refractivity contribution < 1.29 is 23.5 Å². The third-order valence-electron chi connectivity index (χ3n) is 6.39. The summed E-state index contributed by atoms with van der Waals surface area (Å²) in [6.07, 6.45) is 1.02.